The fraction of sp³-hybridized carbons (Fsp3) is 0.444. The van der Waals surface area contributed by atoms with Gasteiger partial charge in [-0.15, -0.1) is 0 Å². The van der Waals surface area contributed by atoms with E-state index in [9.17, 15) is 0 Å². The zero-order valence-corrected chi connectivity index (χ0v) is 8.17. The van der Waals surface area contributed by atoms with Gasteiger partial charge in [-0.3, -0.25) is 0 Å². The number of aromatic nitrogens is 1. The lowest BCUT2D eigenvalue weighted by Gasteiger charge is -2.12. The van der Waals surface area contributed by atoms with E-state index >= 15 is 0 Å². The Morgan fingerprint density at radius 1 is 1.50 bits per heavy atom. The van der Waals surface area contributed by atoms with Crippen molar-refractivity contribution >= 4 is 11.6 Å². The van der Waals surface area contributed by atoms with Gasteiger partial charge in [0, 0.05) is 6.54 Å². The molecule has 0 amide bonds. The highest BCUT2D eigenvalue weighted by molar-refractivity contribution is 6.29. The first-order chi connectivity index (χ1) is 5.72. The maximum absolute atomic E-state index is 5.74. The summed E-state index contributed by atoms with van der Waals surface area (Å²) in [5, 5.41) is 0.567. The van der Waals surface area contributed by atoms with E-state index < -0.39 is 0 Å². The van der Waals surface area contributed by atoms with Crippen molar-refractivity contribution in [2.75, 3.05) is 13.6 Å². The van der Waals surface area contributed by atoms with Crippen LogP contribution in [0.5, 0.6) is 0 Å². The summed E-state index contributed by atoms with van der Waals surface area (Å²) in [5.74, 6) is 0. The molecule has 0 radical (unpaired) electrons. The van der Waals surface area contributed by atoms with Gasteiger partial charge in [0.2, 0.25) is 0 Å². The molecule has 0 saturated heterocycles. The van der Waals surface area contributed by atoms with Crippen molar-refractivity contribution in [2.45, 2.75) is 13.5 Å². The molecule has 0 bridgehead atoms. The average molecular weight is 185 g/mol. The lowest BCUT2D eigenvalue weighted by Crippen LogP contribution is -2.17. The van der Waals surface area contributed by atoms with Crippen LogP contribution >= 0.6 is 11.6 Å². The van der Waals surface area contributed by atoms with Crippen molar-refractivity contribution in [3.8, 4) is 0 Å². The molecule has 1 aromatic rings. The highest BCUT2D eigenvalue weighted by Crippen LogP contribution is 2.06. The van der Waals surface area contributed by atoms with Crippen molar-refractivity contribution in [3.05, 3.63) is 29.0 Å². The summed E-state index contributed by atoms with van der Waals surface area (Å²) >= 11 is 5.74. The van der Waals surface area contributed by atoms with Gasteiger partial charge in [0.1, 0.15) is 5.15 Å². The maximum Gasteiger partial charge on any atom is 0.129 e. The maximum atomic E-state index is 5.74. The van der Waals surface area contributed by atoms with Crippen LogP contribution in [0.4, 0.5) is 0 Å². The molecular formula is C9H13ClN2. The first kappa shape index (κ1) is 9.49. The first-order valence-corrected chi connectivity index (χ1v) is 4.40. The lowest BCUT2D eigenvalue weighted by molar-refractivity contribution is 0.341. The van der Waals surface area contributed by atoms with Gasteiger partial charge in [-0.2, -0.15) is 0 Å². The van der Waals surface area contributed by atoms with E-state index in [1.54, 1.807) is 6.07 Å². The smallest absolute Gasteiger partial charge is 0.129 e. The monoisotopic (exact) mass is 184 g/mol. The number of hydrogen-bond acceptors (Lipinski definition) is 2. The predicted molar refractivity (Wildman–Crippen MR) is 51.3 cm³/mol. The van der Waals surface area contributed by atoms with E-state index in [0.29, 0.717) is 5.15 Å². The molecule has 3 heteroatoms. The molecule has 2 nitrogen and oxygen atoms in total. The SMILES string of the molecule is CCN(C)Cc1cccc(Cl)n1. The highest BCUT2D eigenvalue weighted by Gasteiger charge is 1.98. The second-order valence-electron chi connectivity index (χ2n) is 2.78. The van der Waals surface area contributed by atoms with Crippen LogP contribution in [-0.2, 0) is 6.54 Å². The Kier molecular flexibility index (Phi) is 3.50. The molecule has 12 heavy (non-hydrogen) atoms. The molecule has 0 atom stereocenters. The van der Waals surface area contributed by atoms with Gasteiger partial charge >= 0.3 is 0 Å². The van der Waals surface area contributed by atoms with Crippen LogP contribution in [0.25, 0.3) is 0 Å². The number of hydrogen-bond donors (Lipinski definition) is 0. The van der Waals surface area contributed by atoms with Crippen LogP contribution in [0.15, 0.2) is 18.2 Å². The average Bonchev–Trinajstić information content (AvgIpc) is 2.04. The summed E-state index contributed by atoms with van der Waals surface area (Å²) in [5.41, 5.74) is 1.02. The predicted octanol–water partition coefficient (Wildman–Crippen LogP) is 2.19. The highest BCUT2D eigenvalue weighted by atomic mass is 35.5. The van der Waals surface area contributed by atoms with Gasteiger partial charge in [0.05, 0.1) is 5.69 Å². The van der Waals surface area contributed by atoms with Crippen molar-refractivity contribution in [1.29, 1.82) is 0 Å². The Morgan fingerprint density at radius 2 is 2.25 bits per heavy atom. The zero-order valence-electron chi connectivity index (χ0n) is 7.42. The van der Waals surface area contributed by atoms with E-state index in [-0.39, 0.29) is 0 Å². The summed E-state index contributed by atoms with van der Waals surface area (Å²) in [4.78, 5) is 6.36. The third-order valence-electron chi connectivity index (χ3n) is 1.74. The molecule has 0 N–H and O–H groups in total. The van der Waals surface area contributed by atoms with Crippen LogP contribution in [0.1, 0.15) is 12.6 Å². The number of rotatable bonds is 3. The Morgan fingerprint density at radius 3 is 2.83 bits per heavy atom. The van der Waals surface area contributed by atoms with Gasteiger partial charge in [-0.05, 0) is 25.7 Å². The molecule has 0 unspecified atom stereocenters. The van der Waals surface area contributed by atoms with Gasteiger partial charge < -0.3 is 4.90 Å². The van der Waals surface area contributed by atoms with Gasteiger partial charge in [0.15, 0.2) is 0 Å². The fourth-order valence-electron chi connectivity index (χ4n) is 0.927. The molecule has 0 saturated carbocycles. The van der Waals surface area contributed by atoms with Gasteiger partial charge in [-0.1, -0.05) is 24.6 Å². The second-order valence-corrected chi connectivity index (χ2v) is 3.17. The van der Waals surface area contributed by atoms with E-state index in [2.05, 4.69) is 23.9 Å². The van der Waals surface area contributed by atoms with Crippen LogP contribution < -0.4 is 0 Å². The topological polar surface area (TPSA) is 16.1 Å². The molecule has 0 aliphatic carbocycles. The standard InChI is InChI=1S/C9H13ClN2/c1-3-12(2)7-8-5-4-6-9(10)11-8/h4-6H,3,7H2,1-2H3. The van der Waals surface area contributed by atoms with Crippen molar-refractivity contribution < 1.29 is 0 Å². The number of nitrogens with zero attached hydrogens (tertiary/aromatic N) is 2. The third-order valence-corrected chi connectivity index (χ3v) is 1.96. The Balaban J connectivity index is 2.63. The van der Waals surface area contributed by atoms with Crippen LogP contribution in [0, 0.1) is 0 Å². The summed E-state index contributed by atoms with van der Waals surface area (Å²) in [6, 6.07) is 5.70. The summed E-state index contributed by atoms with van der Waals surface area (Å²) in [7, 11) is 2.06. The quantitative estimate of drug-likeness (QED) is 0.670. The normalized spacial score (nSPS) is 10.7. The summed E-state index contributed by atoms with van der Waals surface area (Å²) in [6.45, 7) is 4.00. The lowest BCUT2D eigenvalue weighted by atomic mass is 10.3. The Hall–Kier alpha value is -0.600. The van der Waals surface area contributed by atoms with Crippen LogP contribution in [-0.4, -0.2) is 23.5 Å². The summed E-state index contributed by atoms with van der Waals surface area (Å²) < 4.78 is 0. The zero-order chi connectivity index (χ0) is 8.97. The molecule has 1 aromatic heterocycles. The largest absolute Gasteiger partial charge is 0.301 e. The van der Waals surface area contributed by atoms with Crippen LogP contribution in [0.3, 0.4) is 0 Å². The molecule has 0 spiro atoms. The number of halogens is 1. The minimum atomic E-state index is 0.567. The van der Waals surface area contributed by atoms with E-state index in [1.165, 1.54) is 0 Å². The molecule has 0 fully saturated rings. The van der Waals surface area contributed by atoms with Crippen LogP contribution in [0.2, 0.25) is 5.15 Å². The Bertz CT molecular complexity index is 250. The molecule has 0 aliphatic rings. The van der Waals surface area contributed by atoms with Crippen molar-refractivity contribution in [2.24, 2.45) is 0 Å². The summed E-state index contributed by atoms with van der Waals surface area (Å²) in [6.07, 6.45) is 0. The third kappa shape index (κ3) is 2.80. The van der Waals surface area contributed by atoms with Gasteiger partial charge in [0.25, 0.3) is 0 Å². The van der Waals surface area contributed by atoms with Gasteiger partial charge in [-0.25, -0.2) is 4.98 Å². The molecule has 0 aromatic carbocycles. The fourth-order valence-corrected chi connectivity index (χ4v) is 1.11. The van der Waals surface area contributed by atoms with Crippen molar-refractivity contribution in [1.82, 2.24) is 9.88 Å². The molecule has 1 rings (SSSR count). The molecule has 66 valence electrons. The first-order valence-electron chi connectivity index (χ1n) is 4.02. The minimum Gasteiger partial charge on any atom is -0.301 e. The number of pyridine rings is 1. The minimum absolute atomic E-state index is 0.567. The van der Waals surface area contributed by atoms with E-state index in [1.807, 2.05) is 12.1 Å². The van der Waals surface area contributed by atoms with Crippen molar-refractivity contribution in [3.63, 3.8) is 0 Å². The molecular weight excluding hydrogens is 172 g/mol. The second kappa shape index (κ2) is 4.43. The molecule has 1 heterocycles. The van der Waals surface area contributed by atoms with E-state index in [4.69, 9.17) is 11.6 Å². The molecule has 0 aliphatic heterocycles. The Labute approximate surface area is 78.2 Å². The van der Waals surface area contributed by atoms with E-state index in [0.717, 1.165) is 18.8 Å².